The van der Waals surface area contributed by atoms with Crippen LogP contribution >= 0.6 is 0 Å². The third kappa shape index (κ3) is 4.72. The predicted octanol–water partition coefficient (Wildman–Crippen LogP) is 0.761. The standard InChI is InChI=1S/C8H19NO2S/c1-5-9(3)7-6-8(2)12(4,10)11/h8H,5-7H2,1-4H3. The van der Waals surface area contributed by atoms with Gasteiger partial charge in [-0.15, -0.1) is 0 Å². The molecule has 0 spiro atoms. The van der Waals surface area contributed by atoms with Crippen molar-refractivity contribution in [1.82, 2.24) is 4.90 Å². The Bertz CT molecular complexity index is 211. The van der Waals surface area contributed by atoms with Crippen molar-refractivity contribution >= 4 is 9.84 Å². The van der Waals surface area contributed by atoms with E-state index in [4.69, 9.17) is 0 Å². The summed E-state index contributed by atoms with van der Waals surface area (Å²) in [6, 6.07) is 0. The van der Waals surface area contributed by atoms with E-state index >= 15 is 0 Å². The molecule has 0 aliphatic carbocycles. The van der Waals surface area contributed by atoms with E-state index in [2.05, 4.69) is 11.8 Å². The Balaban J connectivity index is 3.80. The molecule has 0 aliphatic rings. The number of hydrogen-bond acceptors (Lipinski definition) is 3. The molecule has 0 saturated carbocycles. The third-order valence-corrected chi connectivity index (χ3v) is 3.89. The van der Waals surface area contributed by atoms with E-state index in [1.165, 1.54) is 6.26 Å². The van der Waals surface area contributed by atoms with Crippen LogP contribution in [-0.4, -0.2) is 45.0 Å². The molecule has 0 bridgehead atoms. The lowest BCUT2D eigenvalue weighted by molar-refractivity contribution is 0.346. The van der Waals surface area contributed by atoms with Crippen molar-refractivity contribution in [2.24, 2.45) is 0 Å². The van der Waals surface area contributed by atoms with Crippen molar-refractivity contribution in [1.29, 1.82) is 0 Å². The fourth-order valence-corrected chi connectivity index (χ4v) is 1.31. The molecule has 0 aromatic heterocycles. The van der Waals surface area contributed by atoms with Crippen LogP contribution in [0.2, 0.25) is 0 Å². The van der Waals surface area contributed by atoms with Crippen LogP contribution in [0.4, 0.5) is 0 Å². The molecular formula is C8H19NO2S. The van der Waals surface area contributed by atoms with Crippen LogP contribution in [0.15, 0.2) is 0 Å². The highest BCUT2D eigenvalue weighted by molar-refractivity contribution is 7.91. The minimum atomic E-state index is -2.83. The first kappa shape index (κ1) is 11.9. The van der Waals surface area contributed by atoms with Gasteiger partial charge in [-0.3, -0.25) is 0 Å². The summed E-state index contributed by atoms with van der Waals surface area (Å²) in [7, 11) is -0.838. The molecule has 3 nitrogen and oxygen atoms in total. The zero-order chi connectivity index (χ0) is 9.78. The Labute approximate surface area is 75.7 Å². The lowest BCUT2D eigenvalue weighted by Gasteiger charge is -2.16. The van der Waals surface area contributed by atoms with Gasteiger partial charge in [0.1, 0.15) is 9.84 Å². The minimum Gasteiger partial charge on any atom is -0.307 e. The molecule has 0 aromatic carbocycles. The van der Waals surface area contributed by atoms with Crippen LogP contribution in [0.3, 0.4) is 0 Å². The Morgan fingerprint density at radius 1 is 1.42 bits per heavy atom. The van der Waals surface area contributed by atoms with Crippen LogP contribution < -0.4 is 0 Å². The smallest absolute Gasteiger partial charge is 0.150 e. The zero-order valence-corrected chi connectivity index (χ0v) is 9.19. The molecule has 0 amide bonds. The van der Waals surface area contributed by atoms with Crippen LogP contribution in [0.1, 0.15) is 20.3 Å². The van der Waals surface area contributed by atoms with Gasteiger partial charge in [0.05, 0.1) is 5.25 Å². The van der Waals surface area contributed by atoms with E-state index < -0.39 is 9.84 Å². The number of nitrogens with zero attached hydrogens (tertiary/aromatic N) is 1. The second-order valence-electron chi connectivity index (χ2n) is 3.32. The number of hydrogen-bond donors (Lipinski definition) is 0. The summed E-state index contributed by atoms with van der Waals surface area (Å²) in [6.07, 6.45) is 2.02. The molecular weight excluding hydrogens is 174 g/mol. The van der Waals surface area contributed by atoms with Crippen molar-refractivity contribution in [3.8, 4) is 0 Å². The normalized spacial score (nSPS) is 15.1. The molecule has 4 heteroatoms. The van der Waals surface area contributed by atoms with Gasteiger partial charge in [-0.2, -0.15) is 0 Å². The van der Waals surface area contributed by atoms with Gasteiger partial charge in [-0.1, -0.05) is 6.92 Å². The quantitative estimate of drug-likeness (QED) is 0.647. The van der Waals surface area contributed by atoms with Gasteiger partial charge in [0.2, 0.25) is 0 Å². The van der Waals surface area contributed by atoms with Crippen molar-refractivity contribution < 1.29 is 8.42 Å². The van der Waals surface area contributed by atoms with E-state index in [1.807, 2.05) is 7.05 Å². The monoisotopic (exact) mass is 193 g/mol. The van der Waals surface area contributed by atoms with Crippen molar-refractivity contribution in [2.75, 3.05) is 26.4 Å². The highest BCUT2D eigenvalue weighted by Crippen LogP contribution is 2.03. The van der Waals surface area contributed by atoms with Gasteiger partial charge in [0.15, 0.2) is 0 Å². The number of rotatable bonds is 5. The van der Waals surface area contributed by atoms with E-state index in [0.29, 0.717) is 0 Å². The van der Waals surface area contributed by atoms with Crippen LogP contribution in [0.5, 0.6) is 0 Å². The first-order valence-corrected chi connectivity index (χ1v) is 6.20. The summed E-state index contributed by atoms with van der Waals surface area (Å²) >= 11 is 0. The average molecular weight is 193 g/mol. The van der Waals surface area contributed by atoms with Crippen molar-refractivity contribution in [3.05, 3.63) is 0 Å². The second kappa shape index (κ2) is 4.82. The van der Waals surface area contributed by atoms with E-state index in [-0.39, 0.29) is 5.25 Å². The van der Waals surface area contributed by atoms with Gasteiger partial charge < -0.3 is 4.90 Å². The van der Waals surface area contributed by atoms with Gasteiger partial charge in [-0.05, 0) is 33.5 Å². The van der Waals surface area contributed by atoms with Gasteiger partial charge in [0.25, 0.3) is 0 Å². The molecule has 1 unspecified atom stereocenters. The molecule has 0 aliphatic heterocycles. The van der Waals surface area contributed by atoms with E-state index in [9.17, 15) is 8.42 Å². The van der Waals surface area contributed by atoms with Crippen LogP contribution in [0.25, 0.3) is 0 Å². The second-order valence-corrected chi connectivity index (χ2v) is 5.79. The molecule has 0 rings (SSSR count). The van der Waals surface area contributed by atoms with Crippen molar-refractivity contribution in [3.63, 3.8) is 0 Å². The lowest BCUT2D eigenvalue weighted by atomic mass is 10.3. The molecule has 0 saturated heterocycles. The Morgan fingerprint density at radius 3 is 2.25 bits per heavy atom. The van der Waals surface area contributed by atoms with Gasteiger partial charge in [0, 0.05) is 6.26 Å². The highest BCUT2D eigenvalue weighted by Gasteiger charge is 2.14. The van der Waals surface area contributed by atoms with E-state index in [0.717, 1.165) is 19.5 Å². The third-order valence-electron chi connectivity index (χ3n) is 2.19. The average Bonchev–Trinajstić information content (AvgIpc) is 1.97. The van der Waals surface area contributed by atoms with Gasteiger partial charge >= 0.3 is 0 Å². The van der Waals surface area contributed by atoms with Crippen molar-refractivity contribution in [2.45, 2.75) is 25.5 Å². The summed E-state index contributed by atoms with van der Waals surface area (Å²) in [5.41, 5.74) is 0. The summed E-state index contributed by atoms with van der Waals surface area (Å²) < 4.78 is 22.0. The maximum absolute atomic E-state index is 11.0. The van der Waals surface area contributed by atoms with Crippen LogP contribution in [0, 0.1) is 0 Å². The largest absolute Gasteiger partial charge is 0.307 e. The molecule has 1 atom stereocenters. The Morgan fingerprint density at radius 2 is 1.92 bits per heavy atom. The summed E-state index contributed by atoms with van der Waals surface area (Å²) in [5, 5.41) is -0.216. The zero-order valence-electron chi connectivity index (χ0n) is 8.37. The number of sulfone groups is 1. The summed E-state index contributed by atoms with van der Waals surface area (Å²) in [5.74, 6) is 0. The maximum Gasteiger partial charge on any atom is 0.150 e. The Hall–Kier alpha value is -0.0900. The van der Waals surface area contributed by atoms with Gasteiger partial charge in [-0.25, -0.2) is 8.42 Å². The minimum absolute atomic E-state index is 0.216. The molecule has 0 radical (unpaired) electrons. The Kier molecular flexibility index (Phi) is 4.78. The molecule has 74 valence electrons. The lowest BCUT2D eigenvalue weighted by Crippen LogP contribution is -2.25. The van der Waals surface area contributed by atoms with Crippen LogP contribution in [-0.2, 0) is 9.84 Å². The fourth-order valence-electron chi connectivity index (χ4n) is 0.774. The maximum atomic E-state index is 11.0. The summed E-state index contributed by atoms with van der Waals surface area (Å²) in [4.78, 5) is 2.11. The molecule has 0 aromatic rings. The highest BCUT2D eigenvalue weighted by atomic mass is 32.2. The topological polar surface area (TPSA) is 37.4 Å². The molecule has 0 heterocycles. The predicted molar refractivity (Wildman–Crippen MR) is 52.1 cm³/mol. The van der Waals surface area contributed by atoms with E-state index in [1.54, 1.807) is 6.92 Å². The fraction of sp³-hybridized carbons (Fsp3) is 1.00. The molecule has 12 heavy (non-hydrogen) atoms. The summed E-state index contributed by atoms with van der Waals surface area (Å²) in [6.45, 7) is 5.64. The molecule has 0 fully saturated rings. The molecule has 0 N–H and O–H groups in total. The first-order chi connectivity index (χ1) is 5.38. The SMILES string of the molecule is CCN(C)CCC(C)S(C)(=O)=O. The first-order valence-electron chi connectivity index (χ1n) is 4.25.